The first kappa shape index (κ1) is 21.3. The third-order valence-electron chi connectivity index (χ3n) is 3.34. The second kappa shape index (κ2) is 7.71. The third kappa shape index (κ3) is 4.18. The first-order valence-electron chi connectivity index (χ1n) is 6.30. The van der Waals surface area contributed by atoms with E-state index in [1.54, 1.807) is 13.8 Å². The Kier molecular flexibility index (Phi) is 7.46. The summed E-state index contributed by atoms with van der Waals surface area (Å²) in [5, 5.41) is 0. The zero-order valence-electron chi connectivity index (χ0n) is 12.9. The average Bonchev–Trinajstić information content (AvgIpc) is 2.44. The van der Waals surface area contributed by atoms with Gasteiger partial charge >= 0.3 is 0 Å². The molecule has 0 fully saturated rings. The van der Waals surface area contributed by atoms with E-state index in [0.717, 1.165) is 0 Å². The molecular weight excluding hydrogens is 350 g/mol. The lowest BCUT2D eigenvalue weighted by atomic mass is 10.2. The maximum atomic E-state index is 12.4. The van der Waals surface area contributed by atoms with Gasteiger partial charge in [-0.05, 0) is 44.7 Å². The Morgan fingerprint density at radius 3 is 2.23 bits per heavy atom. The van der Waals surface area contributed by atoms with Crippen molar-refractivity contribution in [3.8, 4) is 0 Å². The van der Waals surface area contributed by atoms with Crippen LogP contribution in [0.5, 0.6) is 0 Å². The number of hydrogen-bond donors (Lipinski definition) is 2. The summed E-state index contributed by atoms with van der Waals surface area (Å²) >= 11 is 0. The van der Waals surface area contributed by atoms with E-state index in [1.165, 1.54) is 36.6 Å². The van der Waals surface area contributed by atoms with E-state index in [9.17, 15) is 16.8 Å². The molecular formula is C12H22ClN3O4S2. The summed E-state index contributed by atoms with van der Waals surface area (Å²) in [6.07, 6.45) is 0. The SMILES string of the molecule is CNS(=O)(=O)c1ccc(S(=O)(=O)N(C)C(C)CN)cc1C.Cl. The zero-order valence-corrected chi connectivity index (χ0v) is 15.3. The number of nitrogens with zero attached hydrogens (tertiary/aromatic N) is 1. The highest BCUT2D eigenvalue weighted by Crippen LogP contribution is 2.22. The standard InChI is InChI=1S/C12H21N3O4S2.ClH/c1-9-7-11(5-6-12(9)20(16,17)14-3)21(18,19)15(4)10(2)8-13;/h5-7,10,14H,8,13H2,1-4H3;1H. The van der Waals surface area contributed by atoms with Gasteiger partial charge in [0, 0.05) is 19.6 Å². The maximum Gasteiger partial charge on any atom is 0.243 e. The van der Waals surface area contributed by atoms with Gasteiger partial charge in [-0.3, -0.25) is 0 Å². The van der Waals surface area contributed by atoms with Crippen LogP contribution in [-0.2, 0) is 20.0 Å². The number of halogens is 1. The number of likely N-dealkylation sites (N-methyl/N-ethyl adjacent to an activating group) is 1. The summed E-state index contributed by atoms with van der Waals surface area (Å²) in [6.45, 7) is 3.45. The van der Waals surface area contributed by atoms with Crippen LogP contribution < -0.4 is 10.5 Å². The highest BCUT2D eigenvalue weighted by Gasteiger charge is 2.26. The number of sulfonamides is 2. The van der Waals surface area contributed by atoms with Crippen molar-refractivity contribution in [2.75, 3.05) is 20.6 Å². The van der Waals surface area contributed by atoms with Crippen molar-refractivity contribution in [3.05, 3.63) is 23.8 Å². The number of aryl methyl sites for hydroxylation is 1. The van der Waals surface area contributed by atoms with E-state index < -0.39 is 20.0 Å². The average molecular weight is 372 g/mol. The molecule has 0 saturated heterocycles. The van der Waals surface area contributed by atoms with Crippen LogP contribution in [0.3, 0.4) is 0 Å². The van der Waals surface area contributed by atoms with E-state index >= 15 is 0 Å². The van der Waals surface area contributed by atoms with Gasteiger partial charge in [-0.15, -0.1) is 12.4 Å². The normalized spacial score (nSPS) is 13.7. The van der Waals surface area contributed by atoms with Crippen LogP contribution in [0.25, 0.3) is 0 Å². The molecule has 22 heavy (non-hydrogen) atoms. The lowest BCUT2D eigenvalue weighted by molar-refractivity contribution is 0.394. The van der Waals surface area contributed by atoms with Gasteiger partial charge in [0.25, 0.3) is 0 Å². The van der Waals surface area contributed by atoms with Gasteiger partial charge in [0.1, 0.15) is 0 Å². The minimum atomic E-state index is -3.70. The van der Waals surface area contributed by atoms with Gasteiger partial charge in [-0.1, -0.05) is 0 Å². The number of rotatable bonds is 6. The Morgan fingerprint density at radius 2 is 1.82 bits per heavy atom. The van der Waals surface area contributed by atoms with Crippen molar-refractivity contribution in [2.45, 2.75) is 29.7 Å². The lowest BCUT2D eigenvalue weighted by Gasteiger charge is -2.23. The van der Waals surface area contributed by atoms with Gasteiger partial charge in [0.05, 0.1) is 9.79 Å². The number of nitrogens with two attached hydrogens (primary N) is 1. The predicted molar refractivity (Wildman–Crippen MR) is 88.1 cm³/mol. The fourth-order valence-corrected chi connectivity index (χ4v) is 4.15. The smallest absolute Gasteiger partial charge is 0.243 e. The molecule has 0 aromatic heterocycles. The molecule has 128 valence electrons. The molecule has 1 rings (SSSR count). The van der Waals surface area contributed by atoms with Crippen LogP contribution in [-0.4, -0.2) is 47.8 Å². The zero-order chi connectivity index (χ0) is 16.4. The van der Waals surface area contributed by atoms with E-state index in [-0.39, 0.29) is 34.8 Å². The van der Waals surface area contributed by atoms with Crippen LogP contribution in [0, 0.1) is 6.92 Å². The quantitative estimate of drug-likeness (QED) is 0.747. The van der Waals surface area contributed by atoms with E-state index in [4.69, 9.17) is 5.73 Å². The first-order chi connectivity index (χ1) is 9.57. The summed E-state index contributed by atoms with van der Waals surface area (Å²) < 4.78 is 51.8. The summed E-state index contributed by atoms with van der Waals surface area (Å²) in [7, 11) is -4.57. The molecule has 7 nitrogen and oxygen atoms in total. The van der Waals surface area contributed by atoms with Crippen LogP contribution in [0.15, 0.2) is 28.0 Å². The molecule has 0 spiro atoms. The van der Waals surface area contributed by atoms with Crippen molar-refractivity contribution in [2.24, 2.45) is 5.73 Å². The van der Waals surface area contributed by atoms with E-state index in [2.05, 4.69) is 4.72 Å². The monoisotopic (exact) mass is 371 g/mol. The molecule has 0 bridgehead atoms. The van der Waals surface area contributed by atoms with Crippen LogP contribution in [0.2, 0.25) is 0 Å². The van der Waals surface area contributed by atoms with Crippen LogP contribution >= 0.6 is 12.4 Å². The number of nitrogens with one attached hydrogen (secondary N) is 1. The Labute approximate surface area is 138 Å². The molecule has 0 heterocycles. The molecule has 0 radical (unpaired) electrons. The molecule has 1 aromatic rings. The van der Waals surface area contributed by atoms with Crippen LogP contribution in [0.1, 0.15) is 12.5 Å². The molecule has 0 amide bonds. The summed E-state index contributed by atoms with van der Waals surface area (Å²) in [5.74, 6) is 0. The highest BCUT2D eigenvalue weighted by atomic mass is 35.5. The second-order valence-electron chi connectivity index (χ2n) is 4.74. The third-order valence-corrected chi connectivity index (χ3v) is 6.89. The number of benzene rings is 1. The predicted octanol–water partition coefficient (Wildman–Crippen LogP) is 0.293. The van der Waals surface area contributed by atoms with Crippen molar-refractivity contribution in [3.63, 3.8) is 0 Å². The van der Waals surface area contributed by atoms with Crippen LogP contribution in [0.4, 0.5) is 0 Å². The topological polar surface area (TPSA) is 110 Å². The summed E-state index contributed by atoms with van der Waals surface area (Å²) in [6, 6.07) is 3.57. The van der Waals surface area contributed by atoms with Crippen molar-refractivity contribution in [1.29, 1.82) is 0 Å². The Balaban J connectivity index is 0.00000441. The van der Waals surface area contributed by atoms with Crippen molar-refractivity contribution >= 4 is 32.5 Å². The largest absolute Gasteiger partial charge is 0.329 e. The molecule has 10 heteroatoms. The van der Waals surface area contributed by atoms with Gasteiger partial charge < -0.3 is 5.73 Å². The maximum absolute atomic E-state index is 12.4. The second-order valence-corrected chi connectivity index (χ2v) is 8.59. The Hall–Kier alpha value is -0.710. The first-order valence-corrected chi connectivity index (χ1v) is 9.22. The van der Waals surface area contributed by atoms with Gasteiger partial charge in [0.15, 0.2) is 0 Å². The molecule has 1 aromatic carbocycles. The fraction of sp³-hybridized carbons (Fsp3) is 0.500. The van der Waals surface area contributed by atoms with E-state index in [1.807, 2.05) is 0 Å². The molecule has 0 saturated carbocycles. The molecule has 3 N–H and O–H groups in total. The lowest BCUT2D eigenvalue weighted by Crippen LogP contribution is -2.39. The van der Waals surface area contributed by atoms with Crippen molar-refractivity contribution in [1.82, 2.24) is 9.03 Å². The molecule has 1 unspecified atom stereocenters. The van der Waals surface area contributed by atoms with E-state index in [0.29, 0.717) is 5.56 Å². The van der Waals surface area contributed by atoms with Gasteiger partial charge in [-0.2, -0.15) is 4.31 Å². The summed E-state index contributed by atoms with van der Waals surface area (Å²) in [4.78, 5) is 0.0938. The molecule has 0 aliphatic heterocycles. The Bertz CT molecular complexity index is 720. The Morgan fingerprint density at radius 1 is 1.27 bits per heavy atom. The van der Waals surface area contributed by atoms with Crippen molar-refractivity contribution < 1.29 is 16.8 Å². The fourth-order valence-electron chi connectivity index (χ4n) is 1.75. The summed E-state index contributed by atoms with van der Waals surface area (Å²) in [5.41, 5.74) is 5.84. The number of hydrogen-bond acceptors (Lipinski definition) is 5. The highest BCUT2D eigenvalue weighted by molar-refractivity contribution is 7.89. The molecule has 0 aliphatic carbocycles. The molecule has 0 aliphatic rings. The van der Waals surface area contributed by atoms with Gasteiger partial charge in [-0.25, -0.2) is 21.6 Å². The minimum Gasteiger partial charge on any atom is -0.329 e. The van der Waals surface area contributed by atoms with Gasteiger partial charge in [0.2, 0.25) is 20.0 Å². The minimum absolute atomic E-state index is 0. The molecule has 1 atom stereocenters.